The summed E-state index contributed by atoms with van der Waals surface area (Å²) in [6.45, 7) is 15.3. The predicted octanol–water partition coefficient (Wildman–Crippen LogP) is 3.00. The Balaban J connectivity index is 2.31. The Bertz CT molecular complexity index is 617. The van der Waals surface area contributed by atoms with Crippen molar-refractivity contribution in [3.63, 3.8) is 0 Å². The van der Waals surface area contributed by atoms with Gasteiger partial charge in [0.15, 0.2) is 0 Å². The summed E-state index contributed by atoms with van der Waals surface area (Å²) in [5.74, 6) is 0.961. The van der Waals surface area contributed by atoms with E-state index in [1.807, 2.05) is 30.6 Å². The number of aryl methyl sites for hydroxylation is 2. The molecule has 0 fully saturated rings. The summed E-state index contributed by atoms with van der Waals surface area (Å²) >= 11 is 0. The molecule has 4 nitrogen and oxygen atoms in total. The van der Waals surface area contributed by atoms with Crippen LogP contribution in [0.3, 0.4) is 0 Å². The first-order valence-corrected chi connectivity index (χ1v) is 6.53. The zero-order valence-electron chi connectivity index (χ0n) is 12.4. The van der Waals surface area contributed by atoms with Crippen LogP contribution >= 0.6 is 0 Å². The number of aromatic nitrogens is 3. The fourth-order valence-corrected chi connectivity index (χ4v) is 1.98. The fourth-order valence-electron chi connectivity index (χ4n) is 1.98. The van der Waals surface area contributed by atoms with Crippen LogP contribution in [-0.2, 0) is 6.54 Å². The summed E-state index contributed by atoms with van der Waals surface area (Å²) in [5, 5.41) is 3.39. The fraction of sp³-hybridized carbons (Fsp3) is 0.467. The van der Waals surface area contributed by atoms with Gasteiger partial charge in [0.2, 0.25) is 0 Å². The highest BCUT2D eigenvalue weighted by molar-refractivity contribution is 5.50. The van der Waals surface area contributed by atoms with E-state index in [2.05, 4.69) is 42.6 Å². The average Bonchev–Trinajstić information content (AvgIpc) is 2.76. The quantitative estimate of drug-likeness (QED) is 0.920. The summed E-state index contributed by atoms with van der Waals surface area (Å²) < 4.78 is 2.02. The molecule has 0 bridgehead atoms. The molecule has 0 aliphatic rings. The predicted molar refractivity (Wildman–Crippen MR) is 77.9 cm³/mol. The third-order valence-electron chi connectivity index (χ3n) is 3.41. The van der Waals surface area contributed by atoms with Gasteiger partial charge in [-0.2, -0.15) is 0 Å². The minimum atomic E-state index is 0.0533. The minimum Gasteiger partial charge on any atom is -0.384 e. The monoisotopic (exact) mass is 258 g/mol. The number of imidazole rings is 1. The number of nitrogens with one attached hydrogen (secondary N) is 1. The zero-order chi connectivity index (χ0) is 14.2. The van der Waals surface area contributed by atoms with Crippen LogP contribution in [0.5, 0.6) is 0 Å². The van der Waals surface area contributed by atoms with E-state index in [1.54, 1.807) is 0 Å². The molecule has 0 amide bonds. The molecule has 0 aliphatic carbocycles. The molecule has 2 heterocycles. The minimum absolute atomic E-state index is 0.0533. The summed E-state index contributed by atoms with van der Waals surface area (Å²) in [5.41, 5.74) is 4.19. The molecular weight excluding hydrogens is 236 g/mol. The lowest BCUT2D eigenvalue weighted by Gasteiger charge is -2.23. The van der Waals surface area contributed by atoms with Gasteiger partial charge in [-0.3, -0.25) is 4.40 Å². The topological polar surface area (TPSA) is 42.2 Å². The Hall–Kier alpha value is -1.84. The Kier molecular flexibility index (Phi) is 3.35. The summed E-state index contributed by atoms with van der Waals surface area (Å²) in [6, 6.07) is 0. The first-order chi connectivity index (χ1) is 8.80. The molecule has 2 rings (SSSR count). The molecule has 0 atom stereocenters. The van der Waals surface area contributed by atoms with Crippen molar-refractivity contribution >= 4 is 5.65 Å². The van der Waals surface area contributed by atoms with Gasteiger partial charge in [-0.1, -0.05) is 27.4 Å². The standard InChI is InChI=1S/C15H22N4/c1-10-13(9-17-11(2)15(4,5)6)14-16-7-8-19(14)12(3)18-10/h7-8,17H,2,9H2,1,3-6H3. The van der Waals surface area contributed by atoms with Gasteiger partial charge in [0, 0.05) is 41.3 Å². The van der Waals surface area contributed by atoms with Crippen molar-refractivity contribution < 1.29 is 0 Å². The molecule has 4 heteroatoms. The van der Waals surface area contributed by atoms with Gasteiger partial charge >= 0.3 is 0 Å². The second-order valence-electron chi connectivity index (χ2n) is 5.93. The van der Waals surface area contributed by atoms with Gasteiger partial charge in [0.25, 0.3) is 0 Å². The first-order valence-electron chi connectivity index (χ1n) is 6.53. The molecule has 0 unspecified atom stereocenters. The number of nitrogens with zero attached hydrogens (tertiary/aromatic N) is 3. The summed E-state index contributed by atoms with van der Waals surface area (Å²) in [6.07, 6.45) is 3.75. The second kappa shape index (κ2) is 4.68. The maximum atomic E-state index is 4.57. The van der Waals surface area contributed by atoms with Crippen LogP contribution in [0.25, 0.3) is 5.65 Å². The highest BCUT2D eigenvalue weighted by Gasteiger charge is 2.16. The van der Waals surface area contributed by atoms with E-state index >= 15 is 0 Å². The average molecular weight is 258 g/mol. The number of rotatable bonds is 3. The van der Waals surface area contributed by atoms with E-state index in [0.717, 1.165) is 28.4 Å². The molecule has 0 aliphatic heterocycles. The molecule has 0 aromatic carbocycles. The Morgan fingerprint density at radius 3 is 2.68 bits per heavy atom. The Morgan fingerprint density at radius 1 is 1.37 bits per heavy atom. The molecule has 0 saturated heterocycles. The van der Waals surface area contributed by atoms with Crippen molar-refractivity contribution in [1.29, 1.82) is 0 Å². The third-order valence-corrected chi connectivity index (χ3v) is 3.41. The van der Waals surface area contributed by atoms with E-state index in [0.29, 0.717) is 6.54 Å². The Morgan fingerprint density at radius 2 is 2.05 bits per heavy atom. The van der Waals surface area contributed by atoms with Crippen LogP contribution in [0.4, 0.5) is 0 Å². The highest BCUT2D eigenvalue weighted by Crippen LogP contribution is 2.22. The van der Waals surface area contributed by atoms with E-state index < -0.39 is 0 Å². The zero-order valence-corrected chi connectivity index (χ0v) is 12.4. The lowest BCUT2D eigenvalue weighted by atomic mass is 9.93. The normalized spacial score (nSPS) is 11.8. The number of allylic oxidation sites excluding steroid dienone is 1. The summed E-state index contributed by atoms with van der Waals surface area (Å²) in [4.78, 5) is 9.00. The number of fused-ring (bicyclic) bond motifs is 1. The van der Waals surface area contributed by atoms with Crippen molar-refractivity contribution in [2.45, 2.75) is 41.2 Å². The van der Waals surface area contributed by atoms with Crippen molar-refractivity contribution in [3.05, 3.63) is 41.8 Å². The molecule has 0 radical (unpaired) electrons. The van der Waals surface area contributed by atoms with Crippen molar-refractivity contribution in [1.82, 2.24) is 19.7 Å². The molecule has 19 heavy (non-hydrogen) atoms. The van der Waals surface area contributed by atoms with Gasteiger partial charge < -0.3 is 5.32 Å². The molecule has 0 saturated carbocycles. The SMILES string of the molecule is C=C(NCc1c(C)nc(C)n2ccnc12)C(C)(C)C. The van der Waals surface area contributed by atoms with Crippen LogP contribution in [0, 0.1) is 19.3 Å². The third kappa shape index (κ3) is 2.62. The first kappa shape index (κ1) is 13.6. The van der Waals surface area contributed by atoms with Gasteiger partial charge in [-0.05, 0) is 13.8 Å². The summed E-state index contributed by atoms with van der Waals surface area (Å²) in [7, 11) is 0. The van der Waals surface area contributed by atoms with Crippen molar-refractivity contribution in [3.8, 4) is 0 Å². The van der Waals surface area contributed by atoms with Crippen LogP contribution < -0.4 is 5.32 Å². The van der Waals surface area contributed by atoms with Gasteiger partial charge in [0.05, 0.1) is 0 Å². The number of hydrogen-bond acceptors (Lipinski definition) is 3. The lowest BCUT2D eigenvalue weighted by Crippen LogP contribution is -2.24. The lowest BCUT2D eigenvalue weighted by molar-refractivity contribution is 0.461. The van der Waals surface area contributed by atoms with Crippen LogP contribution in [0.2, 0.25) is 0 Å². The maximum Gasteiger partial charge on any atom is 0.144 e. The molecule has 0 spiro atoms. The van der Waals surface area contributed by atoms with Crippen molar-refractivity contribution in [2.75, 3.05) is 0 Å². The molecule has 2 aromatic rings. The molecule has 102 valence electrons. The molecular formula is C15H22N4. The van der Waals surface area contributed by atoms with E-state index in [9.17, 15) is 0 Å². The van der Waals surface area contributed by atoms with E-state index in [-0.39, 0.29) is 5.41 Å². The van der Waals surface area contributed by atoms with Crippen molar-refractivity contribution in [2.24, 2.45) is 5.41 Å². The van der Waals surface area contributed by atoms with Crippen LogP contribution in [0.1, 0.15) is 37.9 Å². The van der Waals surface area contributed by atoms with Gasteiger partial charge in [0.1, 0.15) is 11.5 Å². The van der Waals surface area contributed by atoms with E-state index in [4.69, 9.17) is 0 Å². The largest absolute Gasteiger partial charge is 0.384 e. The number of hydrogen-bond donors (Lipinski definition) is 1. The maximum absolute atomic E-state index is 4.57. The molecule has 2 aromatic heterocycles. The van der Waals surface area contributed by atoms with Gasteiger partial charge in [-0.15, -0.1) is 0 Å². The molecule has 1 N–H and O–H groups in total. The van der Waals surface area contributed by atoms with Crippen LogP contribution in [0.15, 0.2) is 24.7 Å². The highest BCUT2D eigenvalue weighted by atomic mass is 15.1. The van der Waals surface area contributed by atoms with Crippen LogP contribution in [-0.4, -0.2) is 14.4 Å². The van der Waals surface area contributed by atoms with E-state index in [1.165, 1.54) is 0 Å². The smallest absolute Gasteiger partial charge is 0.144 e. The van der Waals surface area contributed by atoms with Gasteiger partial charge in [-0.25, -0.2) is 9.97 Å². The Labute approximate surface area is 114 Å². The second-order valence-corrected chi connectivity index (χ2v) is 5.93.